The molecule has 1 aliphatic carbocycles. The third kappa shape index (κ3) is 10.6. The molecule has 0 spiro atoms. The summed E-state index contributed by atoms with van der Waals surface area (Å²) in [4.78, 5) is 78.3. The van der Waals surface area contributed by atoms with Gasteiger partial charge in [0.2, 0.25) is 17.7 Å². The number of anilines is 1. The maximum Gasteiger partial charge on any atom is 0.410 e. The number of aliphatic hydroxyl groups excluding tert-OH is 1. The molecule has 4 N–H and O–H groups in total. The largest absolute Gasteiger partial charge is 0.444 e. The molecule has 47 heavy (non-hydrogen) atoms. The minimum Gasteiger partial charge on any atom is -0.444 e. The Bertz CT molecular complexity index is 1360. The summed E-state index contributed by atoms with van der Waals surface area (Å²) in [6.45, 7) is 10.7. The summed E-state index contributed by atoms with van der Waals surface area (Å²) in [5.74, 6) is -2.26. The Morgan fingerprint density at radius 2 is 1.57 bits per heavy atom. The van der Waals surface area contributed by atoms with Gasteiger partial charge in [-0.05, 0) is 88.5 Å². The standard InChI is InChI=1S/C34H49N5O8/c1-20(2)29(37-31(44)23-10-8-22(9-11-23)17-39-27(41)14-15-28(39)42)32(45)35-21(3)30(43)36-26-13-12-24(19-40)25(16-26)18-38(7)33(46)47-34(4,5)6/h12-16,20-23,29,40H,8-11,17-19H2,1-7H3,(H,35,45)(H,36,43)(H,37,44)/t21-,22?,23?,29-/m0/s1. The van der Waals surface area contributed by atoms with Gasteiger partial charge < -0.3 is 30.7 Å². The molecule has 1 saturated carbocycles. The molecule has 1 aromatic rings. The van der Waals surface area contributed by atoms with Crippen molar-refractivity contribution < 1.29 is 38.6 Å². The number of ether oxygens (including phenoxy) is 1. The van der Waals surface area contributed by atoms with Crippen LogP contribution >= 0.6 is 0 Å². The van der Waals surface area contributed by atoms with E-state index in [0.29, 0.717) is 49.0 Å². The Labute approximate surface area is 276 Å². The van der Waals surface area contributed by atoms with Gasteiger partial charge in [-0.25, -0.2) is 4.79 Å². The summed E-state index contributed by atoms with van der Waals surface area (Å²) in [6.07, 6.45) is 4.53. The summed E-state index contributed by atoms with van der Waals surface area (Å²) in [5.41, 5.74) is 0.941. The number of carbonyl (C=O) groups is 6. The molecule has 1 heterocycles. The van der Waals surface area contributed by atoms with Crippen LogP contribution in [0.3, 0.4) is 0 Å². The lowest BCUT2D eigenvalue weighted by Gasteiger charge is -2.31. The number of rotatable bonds is 12. The van der Waals surface area contributed by atoms with E-state index < -0.39 is 35.6 Å². The Kier molecular flexibility index (Phi) is 12.7. The van der Waals surface area contributed by atoms with Crippen molar-refractivity contribution in [2.45, 2.75) is 98.1 Å². The highest BCUT2D eigenvalue weighted by Gasteiger charge is 2.34. The van der Waals surface area contributed by atoms with Crippen LogP contribution in [-0.2, 0) is 41.9 Å². The molecule has 0 radical (unpaired) electrons. The third-order valence-electron chi connectivity index (χ3n) is 8.31. The Morgan fingerprint density at radius 3 is 2.13 bits per heavy atom. The van der Waals surface area contributed by atoms with E-state index in [4.69, 9.17) is 4.74 Å². The van der Waals surface area contributed by atoms with Crippen molar-refractivity contribution in [1.29, 1.82) is 0 Å². The molecule has 6 amide bonds. The minimum absolute atomic E-state index is 0.122. The average molecular weight is 656 g/mol. The zero-order valence-electron chi connectivity index (χ0n) is 28.4. The highest BCUT2D eigenvalue weighted by atomic mass is 16.6. The molecule has 0 bridgehead atoms. The average Bonchev–Trinajstić information content (AvgIpc) is 3.31. The first kappa shape index (κ1) is 37.2. The summed E-state index contributed by atoms with van der Waals surface area (Å²) in [6, 6.07) is 3.13. The quantitative estimate of drug-likeness (QED) is 0.249. The fraction of sp³-hybridized carbons (Fsp3) is 0.588. The van der Waals surface area contributed by atoms with Gasteiger partial charge in [0.05, 0.1) is 6.61 Å². The number of hydrogen-bond acceptors (Lipinski definition) is 8. The second-order valence-corrected chi connectivity index (χ2v) is 13.8. The number of imide groups is 1. The third-order valence-corrected chi connectivity index (χ3v) is 8.31. The van der Waals surface area contributed by atoms with Crippen molar-refractivity contribution in [1.82, 2.24) is 20.4 Å². The highest BCUT2D eigenvalue weighted by Crippen LogP contribution is 2.30. The number of aliphatic hydroxyl groups is 1. The molecule has 0 saturated heterocycles. The van der Waals surface area contributed by atoms with Crippen LogP contribution < -0.4 is 16.0 Å². The topological polar surface area (TPSA) is 174 Å². The molecule has 1 aromatic carbocycles. The summed E-state index contributed by atoms with van der Waals surface area (Å²) < 4.78 is 5.40. The van der Waals surface area contributed by atoms with Crippen LogP contribution in [0.2, 0.25) is 0 Å². The van der Waals surface area contributed by atoms with Crippen LogP contribution in [0.1, 0.15) is 78.4 Å². The number of benzene rings is 1. The zero-order valence-corrected chi connectivity index (χ0v) is 28.4. The minimum atomic E-state index is -0.938. The fourth-order valence-electron chi connectivity index (χ4n) is 5.57. The lowest BCUT2D eigenvalue weighted by atomic mass is 9.81. The van der Waals surface area contributed by atoms with E-state index in [9.17, 15) is 33.9 Å². The maximum absolute atomic E-state index is 13.2. The van der Waals surface area contributed by atoms with Crippen molar-refractivity contribution in [2.24, 2.45) is 17.8 Å². The Hall–Kier alpha value is -4.26. The van der Waals surface area contributed by atoms with Gasteiger partial charge >= 0.3 is 6.09 Å². The van der Waals surface area contributed by atoms with E-state index in [2.05, 4.69) is 16.0 Å². The van der Waals surface area contributed by atoms with Gasteiger partial charge in [-0.3, -0.25) is 28.9 Å². The zero-order chi connectivity index (χ0) is 35.1. The molecule has 258 valence electrons. The van der Waals surface area contributed by atoms with E-state index >= 15 is 0 Å². The molecule has 0 aromatic heterocycles. The molecule has 0 unspecified atom stereocenters. The molecule has 13 nitrogen and oxygen atoms in total. The van der Waals surface area contributed by atoms with Crippen LogP contribution in [0, 0.1) is 17.8 Å². The first-order valence-electron chi connectivity index (χ1n) is 16.1. The number of carbonyl (C=O) groups excluding carboxylic acids is 6. The summed E-state index contributed by atoms with van der Waals surface area (Å²) >= 11 is 0. The van der Waals surface area contributed by atoms with Gasteiger partial charge in [-0.15, -0.1) is 0 Å². The lowest BCUT2D eigenvalue weighted by molar-refractivity contribution is -0.138. The lowest BCUT2D eigenvalue weighted by Crippen LogP contribution is -2.54. The van der Waals surface area contributed by atoms with Gasteiger partial charge in [0.15, 0.2) is 0 Å². The molecule has 2 aliphatic rings. The van der Waals surface area contributed by atoms with E-state index in [1.54, 1.807) is 52.9 Å². The van der Waals surface area contributed by atoms with E-state index in [1.165, 1.54) is 22.0 Å². The van der Waals surface area contributed by atoms with Crippen LogP contribution in [0.5, 0.6) is 0 Å². The predicted octanol–water partition coefficient (Wildman–Crippen LogP) is 2.86. The molecule has 13 heteroatoms. The Morgan fingerprint density at radius 1 is 0.957 bits per heavy atom. The van der Waals surface area contributed by atoms with Gasteiger partial charge in [0.25, 0.3) is 11.8 Å². The van der Waals surface area contributed by atoms with Crippen molar-refractivity contribution >= 4 is 41.3 Å². The normalized spacial score (nSPS) is 19.3. The van der Waals surface area contributed by atoms with E-state index in [1.807, 2.05) is 13.8 Å². The highest BCUT2D eigenvalue weighted by molar-refractivity contribution is 6.12. The fourth-order valence-corrected chi connectivity index (χ4v) is 5.57. The van der Waals surface area contributed by atoms with Crippen molar-refractivity contribution in [2.75, 3.05) is 18.9 Å². The summed E-state index contributed by atoms with van der Waals surface area (Å²) in [7, 11) is 1.58. The second-order valence-electron chi connectivity index (χ2n) is 13.8. The van der Waals surface area contributed by atoms with Crippen molar-refractivity contribution in [3.8, 4) is 0 Å². The van der Waals surface area contributed by atoms with Crippen LogP contribution in [0.25, 0.3) is 0 Å². The number of nitrogens with zero attached hydrogens (tertiary/aromatic N) is 2. The van der Waals surface area contributed by atoms with E-state index in [-0.39, 0.29) is 48.6 Å². The number of amides is 6. The van der Waals surface area contributed by atoms with E-state index in [0.717, 1.165) is 0 Å². The molecule has 1 fully saturated rings. The first-order chi connectivity index (χ1) is 22.0. The van der Waals surface area contributed by atoms with Crippen molar-refractivity contribution in [3.05, 3.63) is 41.5 Å². The smallest absolute Gasteiger partial charge is 0.410 e. The van der Waals surface area contributed by atoms with Crippen LogP contribution in [-0.4, -0.2) is 81.8 Å². The van der Waals surface area contributed by atoms with Gasteiger partial charge in [0, 0.05) is 43.9 Å². The van der Waals surface area contributed by atoms with Crippen molar-refractivity contribution in [3.63, 3.8) is 0 Å². The van der Waals surface area contributed by atoms with Crippen LogP contribution in [0.15, 0.2) is 30.4 Å². The number of hydrogen-bond donors (Lipinski definition) is 4. The SMILES string of the molecule is CC(C)[C@H](NC(=O)C1CCC(CN2C(=O)C=CC2=O)CC1)C(=O)N[C@@H](C)C(=O)Nc1ccc(CO)c(CN(C)C(=O)OC(C)(C)C)c1. The second kappa shape index (κ2) is 16.0. The maximum atomic E-state index is 13.2. The first-order valence-corrected chi connectivity index (χ1v) is 16.1. The molecule has 1 aliphatic heterocycles. The van der Waals surface area contributed by atoms with Gasteiger partial charge in [-0.1, -0.05) is 19.9 Å². The summed E-state index contributed by atoms with van der Waals surface area (Å²) in [5, 5.41) is 18.1. The van der Waals surface area contributed by atoms with Gasteiger partial charge in [0.1, 0.15) is 17.7 Å². The monoisotopic (exact) mass is 655 g/mol. The van der Waals surface area contributed by atoms with Gasteiger partial charge in [-0.2, -0.15) is 0 Å². The molecular formula is C34H49N5O8. The predicted molar refractivity (Wildman–Crippen MR) is 174 cm³/mol. The molecule has 2 atom stereocenters. The molecular weight excluding hydrogens is 606 g/mol. The number of nitrogens with one attached hydrogen (secondary N) is 3. The Balaban J connectivity index is 1.54. The van der Waals surface area contributed by atoms with Crippen LogP contribution in [0.4, 0.5) is 10.5 Å². The molecule has 3 rings (SSSR count).